The summed E-state index contributed by atoms with van der Waals surface area (Å²) in [6.07, 6.45) is 0.763. The van der Waals surface area contributed by atoms with Crippen LogP contribution in [0, 0.1) is 12.8 Å². The first-order valence-electron chi connectivity index (χ1n) is 7.21. The summed E-state index contributed by atoms with van der Waals surface area (Å²) in [6, 6.07) is 14.5. The summed E-state index contributed by atoms with van der Waals surface area (Å²) < 4.78 is 35.2. The number of rotatable bonds is 4. The summed E-state index contributed by atoms with van der Waals surface area (Å²) in [7, 11) is -3.71. The van der Waals surface area contributed by atoms with Crippen LogP contribution >= 0.6 is 0 Å². The monoisotopic (exact) mass is 318 g/mol. The molecule has 0 N–H and O–H groups in total. The van der Waals surface area contributed by atoms with E-state index in [0.29, 0.717) is 6.61 Å². The van der Waals surface area contributed by atoms with Gasteiger partial charge in [-0.15, -0.1) is 0 Å². The van der Waals surface area contributed by atoms with Gasteiger partial charge >= 0.3 is 0 Å². The van der Waals surface area contributed by atoms with Crippen LogP contribution in [0.15, 0.2) is 53.4 Å². The van der Waals surface area contributed by atoms with E-state index in [-0.39, 0.29) is 17.4 Å². The first-order chi connectivity index (χ1) is 10.5. The number of aryl methyl sites for hydroxylation is 1. The first-order valence-corrected chi connectivity index (χ1v) is 8.62. The van der Waals surface area contributed by atoms with E-state index in [1.807, 2.05) is 31.2 Å². The molecule has 2 aromatic rings. The van der Waals surface area contributed by atoms with E-state index in [2.05, 4.69) is 0 Å². The molecule has 0 bridgehead atoms. The van der Waals surface area contributed by atoms with Gasteiger partial charge in [0.15, 0.2) is 0 Å². The number of benzene rings is 2. The van der Waals surface area contributed by atoms with Crippen LogP contribution < -0.4 is 4.74 Å². The highest BCUT2D eigenvalue weighted by Gasteiger charge is 2.23. The van der Waals surface area contributed by atoms with Crippen LogP contribution in [0.5, 0.6) is 5.75 Å². The molecule has 22 heavy (non-hydrogen) atoms. The third kappa shape index (κ3) is 3.31. The van der Waals surface area contributed by atoms with Crippen LogP contribution in [0.25, 0.3) is 0 Å². The van der Waals surface area contributed by atoms with E-state index in [0.717, 1.165) is 23.3 Å². The van der Waals surface area contributed by atoms with Gasteiger partial charge in [-0.1, -0.05) is 35.9 Å². The Hall–Kier alpha value is -1.85. The molecule has 0 radical (unpaired) electrons. The Bertz CT molecular complexity index is 750. The fourth-order valence-electron chi connectivity index (χ4n) is 2.46. The van der Waals surface area contributed by atoms with Crippen LogP contribution in [0.3, 0.4) is 0 Å². The Kier molecular flexibility index (Phi) is 4.18. The van der Waals surface area contributed by atoms with E-state index in [4.69, 9.17) is 8.92 Å². The molecule has 1 heterocycles. The smallest absolute Gasteiger partial charge is 0.296 e. The minimum atomic E-state index is -3.71. The lowest BCUT2D eigenvalue weighted by Crippen LogP contribution is -2.26. The molecule has 1 aliphatic rings. The second kappa shape index (κ2) is 6.10. The number of para-hydroxylation sites is 1. The molecule has 0 aliphatic carbocycles. The van der Waals surface area contributed by atoms with Gasteiger partial charge in [0, 0.05) is 5.92 Å². The zero-order valence-corrected chi connectivity index (χ0v) is 13.2. The Morgan fingerprint density at radius 2 is 1.86 bits per heavy atom. The molecule has 2 aromatic carbocycles. The van der Waals surface area contributed by atoms with Crippen molar-refractivity contribution in [2.24, 2.45) is 5.92 Å². The molecule has 0 fully saturated rings. The minimum absolute atomic E-state index is 0.0372. The van der Waals surface area contributed by atoms with Gasteiger partial charge in [0.2, 0.25) is 0 Å². The lowest BCUT2D eigenvalue weighted by Gasteiger charge is -2.24. The first kappa shape index (κ1) is 15.1. The van der Waals surface area contributed by atoms with Gasteiger partial charge in [0.1, 0.15) is 5.75 Å². The van der Waals surface area contributed by atoms with Crippen molar-refractivity contribution in [3.05, 3.63) is 59.7 Å². The van der Waals surface area contributed by atoms with Crippen molar-refractivity contribution in [1.82, 2.24) is 0 Å². The molecule has 0 amide bonds. The van der Waals surface area contributed by atoms with Crippen molar-refractivity contribution >= 4 is 10.1 Å². The third-order valence-corrected chi connectivity index (χ3v) is 5.02. The summed E-state index contributed by atoms with van der Waals surface area (Å²) >= 11 is 0. The molecular weight excluding hydrogens is 300 g/mol. The van der Waals surface area contributed by atoms with Gasteiger partial charge in [-0.2, -0.15) is 8.42 Å². The van der Waals surface area contributed by atoms with Crippen LogP contribution in [0.1, 0.15) is 11.1 Å². The van der Waals surface area contributed by atoms with Crippen molar-refractivity contribution in [1.29, 1.82) is 0 Å². The summed E-state index contributed by atoms with van der Waals surface area (Å²) in [5.41, 5.74) is 2.10. The summed E-state index contributed by atoms with van der Waals surface area (Å²) in [4.78, 5) is 0.190. The normalized spacial score (nSPS) is 17.6. The molecule has 0 saturated heterocycles. The lowest BCUT2D eigenvalue weighted by molar-refractivity contribution is 0.162. The highest BCUT2D eigenvalue weighted by molar-refractivity contribution is 7.86. The maximum absolute atomic E-state index is 12.2. The topological polar surface area (TPSA) is 52.6 Å². The second-order valence-electron chi connectivity index (χ2n) is 5.54. The van der Waals surface area contributed by atoms with Crippen molar-refractivity contribution in [3.63, 3.8) is 0 Å². The quantitative estimate of drug-likeness (QED) is 0.813. The standard InChI is InChI=1S/C17H18O4S/c1-13-6-8-16(9-7-13)22(18,19)21-12-14-10-15-4-2-3-5-17(15)20-11-14/h2-9,14H,10-12H2,1H3. The zero-order chi connectivity index (χ0) is 15.6. The molecule has 116 valence electrons. The van der Waals surface area contributed by atoms with Gasteiger partial charge in [0.05, 0.1) is 18.1 Å². The molecule has 0 saturated carbocycles. The maximum atomic E-state index is 12.2. The second-order valence-corrected chi connectivity index (χ2v) is 7.16. The number of hydrogen-bond acceptors (Lipinski definition) is 4. The Balaban J connectivity index is 1.64. The average Bonchev–Trinajstić information content (AvgIpc) is 2.53. The van der Waals surface area contributed by atoms with Gasteiger partial charge in [-0.25, -0.2) is 0 Å². The van der Waals surface area contributed by atoms with E-state index >= 15 is 0 Å². The van der Waals surface area contributed by atoms with Gasteiger partial charge in [-0.3, -0.25) is 4.18 Å². The summed E-state index contributed by atoms with van der Waals surface area (Å²) in [5, 5.41) is 0. The molecule has 4 nitrogen and oxygen atoms in total. The SMILES string of the molecule is Cc1ccc(S(=O)(=O)OCC2COc3ccccc3C2)cc1. The molecule has 1 aliphatic heterocycles. The summed E-state index contributed by atoms with van der Waals surface area (Å²) in [6.45, 7) is 2.51. The molecule has 1 unspecified atom stereocenters. The maximum Gasteiger partial charge on any atom is 0.296 e. The molecular formula is C17H18O4S. The minimum Gasteiger partial charge on any atom is -0.493 e. The zero-order valence-electron chi connectivity index (χ0n) is 12.4. The van der Waals surface area contributed by atoms with Crippen LogP contribution in [0.2, 0.25) is 0 Å². The van der Waals surface area contributed by atoms with Crippen LogP contribution in [0.4, 0.5) is 0 Å². The summed E-state index contributed by atoms with van der Waals surface area (Å²) in [5.74, 6) is 0.912. The van der Waals surface area contributed by atoms with Crippen molar-refractivity contribution in [2.45, 2.75) is 18.2 Å². The number of hydrogen-bond donors (Lipinski definition) is 0. The Labute approximate surface area is 130 Å². The Morgan fingerprint density at radius 1 is 1.14 bits per heavy atom. The molecule has 3 rings (SSSR count). The highest BCUT2D eigenvalue weighted by Crippen LogP contribution is 2.27. The fourth-order valence-corrected chi connectivity index (χ4v) is 3.43. The Morgan fingerprint density at radius 3 is 2.64 bits per heavy atom. The predicted molar refractivity (Wildman–Crippen MR) is 83.4 cm³/mol. The van der Waals surface area contributed by atoms with Gasteiger partial charge in [0.25, 0.3) is 10.1 Å². The van der Waals surface area contributed by atoms with Gasteiger partial charge < -0.3 is 4.74 Å². The van der Waals surface area contributed by atoms with Crippen LogP contribution in [-0.4, -0.2) is 21.6 Å². The molecule has 5 heteroatoms. The predicted octanol–water partition coefficient (Wildman–Crippen LogP) is 2.95. The lowest BCUT2D eigenvalue weighted by atomic mass is 9.98. The molecule has 1 atom stereocenters. The fraction of sp³-hybridized carbons (Fsp3) is 0.294. The average molecular weight is 318 g/mol. The molecule has 0 spiro atoms. The van der Waals surface area contributed by atoms with E-state index < -0.39 is 10.1 Å². The largest absolute Gasteiger partial charge is 0.493 e. The van der Waals surface area contributed by atoms with Crippen molar-refractivity contribution in [3.8, 4) is 5.75 Å². The van der Waals surface area contributed by atoms with Gasteiger partial charge in [-0.05, 0) is 37.1 Å². The molecule has 0 aromatic heterocycles. The van der Waals surface area contributed by atoms with E-state index in [1.54, 1.807) is 24.3 Å². The number of ether oxygens (including phenoxy) is 1. The van der Waals surface area contributed by atoms with E-state index in [9.17, 15) is 8.42 Å². The highest BCUT2D eigenvalue weighted by atomic mass is 32.2. The van der Waals surface area contributed by atoms with Crippen LogP contribution in [-0.2, 0) is 20.7 Å². The van der Waals surface area contributed by atoms with E-state index in [1.165, 1.54) is 0 Å². The third-order valence-electron chi connectivity index (χ3n) is 3.72. The number of fused-ring (bicyclic) bond motifs is 1. The van der Waals surface area contributed by atoms with Crippen molar-refractivity contribution in [2.75, 3.05) is 13.2 Å². The van der Waals surface area contributed by atoms with Crippen molar-refractivity contribution < 1.29 is 17.3 Å².